The predicted molar refractivity (Wildman–Crippen MR) is 127 cm³/mol. The number of allylic oxidation sites excluding steroid dienone is 1. The van der Waals surface area contributed by atoms with E-state index in [1.54, 1.807) is 24.3 Å². The summed E-state index contributed by atoms with van der Waals surface area (Å²) in [6, 6.07) is 30.3. The third-order valence-electron chi connectivity index (χ3n) is 5.45. The Bertz CT molecular complexity index is 1290. The summed E-state index contributed by atoms with van der Waals surface area (Å²) in [4.78, 5) is 30.2. The van der Waals surface area contributed by atoms with E-state index in [9.17, 15) is 9.59 Å². The molecule has 4 heteroatoms. The lowest BCUT2D eigenvalue weighted by molar-refractivity contribution is 0.0961. The van der Waals surface area contributed by atoms with Gasteiger partial charge in [-0.05, 0) is 11.5 Å². The molecule has 0 aliphatic carbocycles. The van der Waals surface area contributed by atoms with Crippen molar-refractivity contribution in [1.82, 2.24) is 0 Å². The van der Waals surface area contributed by atoms with Crippen LogP contribution >= 0.6 is 11.8 Å². The van der Waals surface area contributed by atoms with Crippen molar-refractivity contribution in [3.05, 3.63) is 119 Å². The number of rotatable bonds is 4. The van der Waals surface area contributed by atoms with Crippen molar-refractivity contribution >= 4 is 39.8 Å². The van der Waals surface area contributed by atoms with Gasteiger partial charge < -0.3 is 4.90 Å². The molecule has 4 aromatic rings. The summed E-state index contributed by atoms with van der Waals surface area (Å²) < 4.78 is 0. The van der Waals surface area contributed by atoms with Crippen LogP contribution in [0.25, 0.3) is 10.8 Å². The molecule has 31 heavy (non-hydrogen) atoms. The summed E-state index contributed by atoms with van der Waals surface area (Å²) in [6.07, 6.45) is 0. The molecule has 0 saturated carbocycles. The molecule has 0 unspecified atom stereocenters. The first-order chi connectivity index (χ1) is 15.1. The van der Waals surface area contributed by atoms with Gasteiger partial charge in [-0.25, -0.2) is 0 Å². The first-order valence-corrected chi connectivity index (χ1v) is 10.8. The second-order valence-electron chi connectivity index (χ2n) is 7.36. The molecule has 1 aliphatic rings. The van der Waals surface area contributed by atoms with Crippen molar-refractivity contribution in [1.29, 1.82) is 0 Å². The van der Waals surface area contributed by atoms with E-state index in [-0.39, 0.29) is 17.1 Å². The molecule has 0 N–H and O–H groups in total. The highest BCUT2D eigenvalue weighted by atomic mass is 32.2. The van der Waals surface area contributed by atoms with E-state index < -0.39 is 0 Å². The number of nitrogens with zero attached hydrogens (tertiary/aromatic N) is 1. The van der Waals surface area contributed by atoms with Gasteiger partial charge in [-0.2, -0.15) is 0 Å². The Hall–Kier alpha value is -3.63. The minimum atomic E-state index is -0.263. The van der Waals surface area contributed by atoms with Gasteiger partial charge in [0.05, 0.1) is 10.7 Å². The van der Waals surface area contributed by atoms with Crippen LogP contribution in [-0.2, 0) is 0 Å². The van der Waals surface area contributed by atoms with Gasteiger partial charge in [0.2, 0.25) is 0 Å². The molecule has 4 aromatic carbocycles. The highest BCUT2D eigenvalue weighted by molar-refractivity contribution is 8.03. The highest BCUT2D eigenvalue weighted by Gasteiger charge is 2.33. The zero-order valence-electron chi connectivity index (χ0n) is 16.9. The molecule has 0 radical (unpaired) electrons. The van der Waals surface area contributed by atoms with Gasteiger partial charge in [-0.3, -0.25) is 9.59 Å². The quantitative estimate of drug-likeness (QED) is 0.166. The van der Waals surface area contributed by atoms with Gasteiger partial charge in [-0.1, -0.05) is 103 Å². The number of hydrogen-bond donors (Lipinski definition) is 0. The van der Waals surface area contributed by atoms with Crippen LogP contribution in [0, 0.1) is 0 Å². The first-order valence-electron chi connectivity index (χ1n) is 10.0. The molecule has 3 nitrogen and oxygen atoms in total. The molecule has 0 spiro atoms. The molecular formula is C27H19NO2S. The van der Waals surface area contributed by atoms with Crippen molar-refractivity contribution in [2.45, 2.75) is 4.90 Å². The third-order valence-corrected chi connectivity index (χ3v) is 6.67. The molecule has 1 heterocycles. The number of benzene rings is 4. The molecule has 1 aliphatic heterocycles. The molecule has 0 amide bonds. The van der Waals surface area contributed by atoms with Crippen molar-refractivity contribution < 1.29 is 9.59 Å². The normalized spacial score (nSPS) is 12.7. The van der Waals surface area contributed by atoms with E-state index in [0.717, 1.165) is 21.4 Å². The smallest absolute Gasteiger partial charge is 0.199 e. The van der Waals surface area contributed by atoms with Gasteiger partial charge in [0.1, 0.15) is 5.57 Å². The van der Waals surface area contributed by atoms with Crippen LogP contribution in [-0.4, -0.2) is 18.6 Å². The number of hydrogen-bond acceptors (Lipinski definition) is 4. The number of Topliss-reactive ketones (excluding diaryl/α,β-unsaturated/α-hetero) is 2. The standard InChI is InChI=1S/C27H19NO2S/c1-28-24-21-15-9-8-10-18(21)16-17-22(24)31-27(28)23(25(29)19-11-4-2-5-12-19)26(30)20-13-6-3-7-14-20/h2-17H,1H3. The van der Waals surface area contributed by atoms with Crippen LogP contribution in [0.2, 0.25) is 0 Å². The topological polar surface area (TPSA) is 37.4 Å². The minimum Gasteiger partial charge on any atom is -0.337 e. The Kier molecular flexibility index (Phi) is 4.92. The zero-order chi connectivity index (χ0) is 21.4. The van der Waals surface area contributed by atoms with Crippen LogP contribution in [0.1, 0.15) is 20.7 Å². The number of carbonyl (C=O) groups is 2. The summed E-state index contributed by atoms with van der Waals surface area (Å²) in [5, 5.41) is 2.89. The lowest BCUT2D eigenvalue weighted by atomic mass is 9.96. The van der Waals surface area contributed by atoms with Crippen molar-refractivity contribution in [2.24, 2.45) is 0 Å². The lowest BCUT2D eigenvalue weighted by Gasteiger charge is -2.19. The fraction of sp³-hybridized carbons (Fsp3) is 0.0370. The number of anilines is 1. The molecule has 5 rings (SSSR count). The molecule has 0 saturated heterocycles. The summed E-state index contributed by atoms with van der Waals surface area (Å²) in [5.41, 5.74) is 2.23. The maximum absolute atomic E-state index is 13.6. The van der Waals surface area contributed by atoms with E-state index in [2.05, 4.69) is 24.3 Å². The van der Waals surface area contributed by atoms with E-state index in [1.165, 1.54) is 11.8 Å². The van der Waals surface area contributed by atoms with Gasteiger partial charge in [0.15, 0.2) is 11.6 Å². The number of thioether (sulfide) groups is 1. The molecular weight excluding hydrogens is 402 g/mol. The van der Waals surface area contributed by atoms with Crippen LogP contribution in [0.15, 0.2) is 113 Å². The summed E-state index contributed by atoms with van der Waals surface area (Å²) in [6.45, 7) is 0. The third kappa shape index (κ3) is 3.35. The molecule has 0 fully saturated rings. The van der Waals surface area contributed by atoms with Gasteiger partial charge in [-0.15, -0.1) is 0 Å². The van der Waals surface area contributed by atoms with Crippen LogP contribution < -0.4 is 4.90 Å². The van der Waals surface area contributed by atoms with Crippen LogP contribution in [0.5, 0.6) is 0 Å². The van der Waals surface area contributed by atoms with E-state index in [1.807, 2.05) is 60.5 Å². The van der Waals surface area contributed by atoms with Crippen LogP contribution in [0.4, 0.5) is 5.69 Å². The van der Waals surface area contributed by atoms with Crippen molar-refractivity contribution in [2.75, 3.05) is 11.9 Å². The second kappa shape index (κ2) is 7.89. The predicted octanol–water partition coefficient (Wildman–Crippen LogP) is 6.36. The summed E-state index contributed by atoms with van der Waals surface area (Å²) >= 11 is 1.48. The maximum Gasteiger partial charge on any atom is 0.199 e. The first kappa shape index (κ1) is 19.3. The molecule has 150 valence electrons. The van der Waals surface area contributed by atoms with Crippen LogP contribution in [0.3, 0.4) is 0 Å². The average Bonchev–Trinajstić information content (AvgIpc) is 3.16. The molecule has 0 bridgehead atoms. The average molecular weight is 422 g/mol. The largest absolute Gasteiger partial charge is 0.337 e. The maximum atomic E-state index is 13.6. The molecule has 0 aromatic heterocycles. The van der Waals surface area contributed by atoms with E-state index in [4.69, 9.17) is 0 Å². The Morgan fingerprint density at radius 3 is 1.84 bits per heavy atom. The van der Waals surface area contributed by atoms with Crippen molar-refractivity contribution in [3.63, 3.8) is 0 Å². The minimum absolute atomic E-state index is 0.199. The Labute approximate surface area is 185 Å². The Morgan fingerprint density at radius 1 is 0.677 bits per heavy atom. The monoisotopic (exact) mass is 421 g/mol. The number of carbonyl (C=O) groups excluding carboxylic acids is 2. The number of ketones is 2. The molecule has 0 atom stereocenters. The zero-order valence-corrected chi connectivity index (χ0v) is 17.7. The fourth-order valence-corrected chi connectivity index (χ4v) is 5.13. The highest BCUT2D eigenvalue weighted by Crippen LogP contribution is 2.50. The summed E-state index contributed by atoms with van der Waals surface area (Å²) in [5.74, 6) is -0.526. The van der Waals surface area contributed by atoms with Crippen molar-refractivity contribution in [3.8, 4) is 0 Å². The fourth-order valence-electron chi connectivity index (χ4n) is 3.92. The Balaban J connectivity index is 1.71. The van der Waals surface area contributed by atoms with E-state index >= 15 is 0 Å². The summed E-state index contributed by atoms with van der Waals surface area (Å²) in [7, 11) is 1.93. The van der Waals surface area contributed by atoms with Gasteiger partial charge in [0, 0.05) is 28.5 Å². The SMILES string of the molecule is CN1C(=C(C(=O)c2ccccc2)C(=O)c2ccccc2)Sc2ccc3ccccc3c21. The second-order valence-corrected chi connectivity index (χ2v) is 8.40. The lowest BCUT2D eigenvalue weighted by Crippen LogP contribution is -2.22. The number of fused-ring (bicyclic) bond motifs is 3. The van der Waals surface area contributed by atoms with Gasteiger partial charge in [0.25, 0.3) is 0 Å². The van der Waals surface area contributed by atoms with E-state index in [0.29, 0.717) is 16.2 Å². The van der Waals surface area contributed by atoms with Gasteiger partial charge >= 0.3 is 0 Å². The Morgan fingerprint density at radius 2 is 1.23 bits per heavy atom.